The standard InChI is InChI=1S/C21H23NO4/c1-4-13(2)11-14(3)5-10-18(24)19-20(25)17(12-22-21(19)26)15-6-8-16(23)9-7-15/h5-13,23H,4H2,1-3H3,(H2,22,25,26)/t13-/m1/s1. The van der Waals surface area contributed by atoms with Crippen LogP contribution in [0.4, 0.5) is 0 Å². The number of aromatic hydroxyl groups is 2. The Hall–Kier alpha value is -3.08. The lowest BCUT2D eigenvalue weighted by atomic mass is 10.0. The van der Waals surface area contributed by atoms with Crippen LogP contribution >= 0.6 is 0 Å². The molecular weight excluding hydrogens is 330 g/mol. The van der Waals surface area contributed by atoms with Crippen molar-refractivity contribution in [3.63, 3.8) is 0 Å². The van der Waals surface area contributed by atoms with Gasteiger partial charge >= 0.3 is 0 Å². The highest BCUT2D eigenvalue weighted by Crippen LogP contribution is 2.31. The number of carbonyl (C=O) groups is 1. The number of benzene rings is 1. The summed E-state index contributed by atoms with van der Waals surface area (Å²) in [7, 11) is 0. The maximum atomic E-state index is 12.4. The molecule has 0 amide bonds. The molecule has 0 fully saturated rings. The molecule has 1 aromatic carbocycles. The van der Waals surface area contributed by atoms with Crippen molar-refractivity contribution in [2.75, 3.05) is 0 Å². The minimum absolute atomic E-state index is 0.0838. The summed E-state index contributed by atoms with van der Waals surface area (Å²) in [5.74, 6) is -0.469. The topological polar surface area (TPSA) is 90.4 Å². The molecule has 3 N–H and O–H groups in total. The number of phenols is 1. The van der Waals surface area contributed by atoms with E-state index in [9.17, 15) is 19.8 Å². The fourth-order valence-electron chi connectivity index (χ4n) is 2.52. The number of phenolic OH excluding ortho intramolecular Hbond substituents is 1. The van der Waals surface area contributed by atoms with Crippen molar-refractivity contribution in [3.05, 3.63) is 70.2 Å². The van der Waals surface area contributed by atoms with Gasteiger partial charge in [0.25, 0.3) is 5.56 Å². The third-order valence-corrected chi connectivity index (χ3v) is 4.18. The molecule has 0 aliphatic rings. The Bertz CT molecular complexity index is 905. The number of aromatic nitrogens is 1. The lowest BCUT2D eigenvalue weighted by molar-refractivity contribution is 0.104. The van der Waals surface area contributed by atoms with Gasteiger partial charge in [-0.2, -0.15) is 0 Å². The van der Waals surface area contributed by atoms with Crippen LogP contribution in [-0.4, -0.2) is 21.0 Å². The van der Waals surface area contributed by atoms with Crippen LogP contribution in [0.5, 0.6) is 11.5 Å². The predicted molar refractivity (Wildman–Crippen MR) is 103 cm³/mol. The SMILES string of the molecule is CC[C@@H](C)C=C(C)C=CC(=O)c1c(O)c(-c2ccc(O)cc2)c[nH]c1=O. The van der Waals surface area contributed by atoms with Gasteiger partial charge in [0, 0.05) is 11.8 Å². The number of pyridine rings is 1. The van der Waals surface area contributed by atoms with Crippen molar-refractivity contribution in [2.45, 2.75) is 27.2 Å². The molecule has 0 saturated carbocycles. The molecule has 0 saturated heterocycles. The lowest BCUT2D eigenvalue weighted by Crippen LogP contribution is -2.16. The first-order valence-electron chi connectivity index (χ1n) is 8.48. The van der Waals surface area contributed by atoms with Gasteiger partial charge in [-0.05, 0) is 36.6 Å². The molecule has 1 heterocycles. The van der Waals surface area contributed by atoms with Gasteiger partial charge in [-0.3, -0.25) is 9.59 Å². The number of rotatable bonds is 6. The summed E-state index contributed by atoms with van der Waals surface area (Å²) in [6.45, 7) is 6.04. The number of nitrogens with one attached hydrogen (secondary N) is 1. The number of hydrogen-bond donors (Lipinski definition) is 3. The molecule has 0 unspecified atom stereocenters. The van der Waals surface area contributed by atoms with Crippen LogP contribution < -0.4 is 5.56 Å². The van der Waals surface area contributed by atoms with Crippen molar-refractivity contribution < 1.29 is 15.0 Å². The monoisotopic (exact) mass is 353 g/mol. The van der Waals surface area contributed by atoms with E-state index in [4.69, 9.17) is 0 Å². The Kier molecular flexibility index (Phi) is 6.17. The van der Waals surface area contributed by atoms with E-state index in [1.165, 1.54) is 24.4 Å². The Labute approximate surface area is 152 Å². The minimum atomic E-state index is -0.650. The zero-order chi connectivity index (χ0) is 19.3. The normalized spacial score (nSPS) is 13.1. The van der Waals surface area contributed by atoms with Gasteiger partial charge in [0.2, 0.25) is 0 Å². The van der Waals surface area contributed by atoms with E-state index < -0.39 is 11.3 Å². The fourth-order valence-corrected chi connectivity index (χ4v) is 2.52. The fraction of sp³-hybridized carbons (Fsp3) is 0.238. The van der Waals surface area contributed by atoms with Crippen LogP contribution in [0.1, 0.15) is 37.6 Å². The highest BCUT2D eigenvalue weighted by Gasteiger charge is 2.18. The molecule has 2 aromatic rings. The van der Waals surface area contributed by atoms with Crippen molar-refractivity contribution in [1.82, 2.24) is 4.98 Å². The van der Waals surface area contributed by atoms with Gasteiger partial charge in [-0.15, -0.1) is 0 Å². The molecule has 5 nitrogen and oxygen atoms in total. The second kappa shape index (κ2) is 8.34. The van der Waals surface area contributed by atoms with Crippen LogP contribution in [0, 0.1) is 5.92 Å². The third-order valence-electron chi connectivity index (χ3n) is 4.18. The summed E-state index contributed by atoms with van der Waals surface area (Å²) >= 11 is 0. The zero-order valence-electron chi connectivity index (χ0n) is 15.1. The average Bonchev–Trinajstić information content (AvgIpc) is 2.61. The summed E-state index contributed by atoms with van der Waals surface area (Å²) < 4.78 is 0. The Morgan fingerprint density at radius 1 is 1.19 bits per heavy atom. The van der Waals surface area contributed by atoms with E-state index in [0.29, 0.717) is 17.0 Å². The predicted octanol–water partition coefficient (Wildman–Crippen LogP) is 4.18. The molecule has 5 heteroatoms. The molecule has 0 spiro atoms. The smallest absolute Gasteiger partial charge is 0.263 e. The van der Waals surface area contributed by atoms with Crippen molar-refractivity contribution >= 4 is 5.78 Å². The number of allylic oxidation sites excluding steroid dienone is 4. The molecular formula is C21H23NO4. The van der Waals surface area contributed by atoms with Gasteiger partial charge < -0.3 is 15.2 Å². The van der Waals surface area contributed by atoms with Crippen LogP contribution in [0.25, 0.3) is 11.1 Å². The zero-order valence-corrected chi connectivity index (χ0v) is 15.1. The third kappa shape index (κ3) is 4.51. The van der Waals surface area contributed by atoms with Gasteiger partial charge in [-0.1, -0.05) is 50.1 Å². The first-order valence-corrected chi connectivity index (χ1v) is 8.48. The molecule has 1 aromatic heterocycles. The molecule has 0 radical (unpaired) electrons. The highest BCUT2D eigenvalue weighted by molar-refractivity contribution is 6.07. The van der Waals surface area contributed by atoms with Gasteiger partial charge in [0.15, 0.2) is 5.78 Å². The van der Waals surface area contributed by atoms with Crippen molar-refractivity contribution in [3.8, 4) is 22.6 Å². The maximum absolute atomic E-state index is 12.4. The van der Waals surface area contributed by atoms with E-state index in [1.807, 2.05) is 13.0 Å². The summed E-state index contributed by atoms with van der Waals surface area (Å²) in [6.07, 6.45) is 7.31. The van der Waals surface area contributed by atoms with Gasteiger partial charge in [-0.25, -0.2) is 0 Å². The molecule has 0 aliphatic carbocycles. The summed E-state index contributed by atoms with van der Waals surface area (Å²) in [6, 6.07) is 6.10. The number of hydrogen-bond acceptors (Lipinski definition) is 4. The number of carbonyl (C=O) groups excluding carboxylic acids is 1. The summed E-state index contributed by atoms with van der Waals surface area (Å²) in [5.41, 5.74) is 0.848. The van der Waals surface area contributed by atoms with Crippen LogP contribution in [0.3, 0.4) is 0 Å². The van der Waals surface area contributed by atoms with Gasteiger partial charge in [0.1, 0.15) is 17.1 Å². The molecule has 2 rings (SSSR count). The van der Waals surface area contributed by atoms with Crippen molar-refractivity contribution in [2.24, 2.45) is 5.92 Å². The molecule has 0 aliphatic heterocycles. The van der Waals surface area contributed by atoms with E-state index in [0.717, 1.165) is 12.0 Å². The van der Waals surface area contributed by atoms with E-state index in [2.05, 4.69) is 18.8 Å². The number of H-pyrrole nitrogens is 1. The molecule has 136 valence electrons. The summed E-state index contributed by atoms with van der Waals surface area (Å²) in [4.78, 5) is 27.0. The van der Waals surface area contributed by atoms with E-state index in [1.54, 1.807) is 18.2 Å². The minimum Gasteiger partial charge on any atom is -0.508 e. The van der Waals surface area contributed by atoms with E-state index in [-0.39, 0.29) is 17.1 Å². The second-order valence-corrected chi connectivity index (χ2v) is 6.30. The summed E-state index contributed by atoms with van der Waals surface area (Å²) in [5, 5.41) is 19.8. The lowest BCUT2D eigenvalue weighted by Gasteiger charge is -2.08. The highest BCUT2D eigenvalue weighted by atomic mass is 16.3. The molecule has 0 bridgehead atoms. The van der Waals surface area contributed by atoms with Crippen LogP contribution in [-0.2, 0) is 0 Å². The largest absolute Gasteiger partial charge is 0.508 e. The molecule has 1 atom stereocenters. The van der Waals surface area contributed by atoms with Gasteiger partial charge in [0.05, 0.1) is 0 Å². The van der Waals surface area contributed by atoms with E-state index >= 15 is 0 Å². The maximum Gasteiger partial charge on any atom is 0.263 e. The number of aromatic amines is 1. The quantitative estimate of drug-likeness (QED) is 0.413. The van der Waals surface area contributed by atoms with Crippen LogP contribution in [0.2, 0.25) is 0 Å². The molecule has 26 heavy (non-hydrogen) atoms. The first-order chi connectivity index (χ1) is 12.3. The Morgan fingerprint density at radius 3 is 2.46 bits per heavy atom. The average molecular weight is 353 g/mol. The Balaban J connectivity index is 2.39. The van der Waals surface area contributed by atoms with Crippen molar-refractivity contribution in [1.29, 1.82) is 0 Å². The van der Waals surface area contributed by atoms with Crippen LogP contribution in [0.15, 0.2) is 59.1 Å². The second-order valence-electron chi connectivity index (χ2n) is 6.30. The number of ketones is 1. The Morgan fingerprint density at radius 2 is 1.85 bits per heavy atom. The first kappa shape index (κ1) is 19.2.